The van der Waals surface area contributed by atoms with Gasteiger partial charge >= 0.3 is 6.01 Å². The Morgan fingerprint density at radius 3 is 2.78 bits per heavy atom. The molecule has 1 aliphatic heterocycles. The lowest BCUT2D eigenvalue weighted by Gasteiger charge is -2.21. The van der Waals surface area contributed by atoms with Crippen molar-refractivity contribution in [3.8, 4) is 6.01 Å². The average Bonchev–Trinajstić information content (AvgIpc) is 2.40. The molecule has 0 aromatic carbocycles. The van der Waals surface area contributed by atoms with E-state index in [4.69, 9.17) is 4.74 Å². The zero-order valence-electron chi connectivity index (χ0n) is 9.97. The fourth-order valence-electron chi connectivity index (χ4n) is 1.69. The lowest BCUT2D eigenvalue weighted by molar-refractivity contribution is -0.126. The highest BCUT2D eigenvalue weighted by atomic mass is 16.5. The molecule has 0 spiro atoms. The van der Waals surface area contributed by atoms with Crippen LogP contribution < -0.4 is 15.4 Å². The minimum absolute atomic E-state index is 0.00756. The number of ether oxygens (including phenoxy) is 1. The van der Waals surface area contributed by atoms with Gasteiger partial charge in [-0.15, -0.1) is 0 Å². The molecule has 96 valence electrons. The largest absolute Gasteiger partial charge is 0.467 e. The summed E-state index contributed by atoms with van der Waals surface area (Å²) in [5.41, 5.74) is 0.512. The van der Waals surface area contributed by atoms with Crippen molar-refractivity contribution in [3.63, 3.8) is 0 Å². The SMILES string of the molecule is COc1ncc(NC(=O)C2CCC(=O)NC2)cn1. The molecule has 0 bridgehead atoms. The third-order valence-electron chi connectivity index (χ3n) is 2.71. The predicted molar refractivity (Wildman–Crippen MR) is 62.9 cm³/mol. The van der Waals surface area contributed by atoms with Crippen molar-refractivity contribution in [2.75, 3.05) is 19.0 Å². The molecule has 1 saturated heterocycles. The van der Waals surface area contributed by atoms with Crippen molar-refractivity contribution in [1.29, 1.82) is 0 Å². The number of nitrogens with one attached hydrogen (secondary N) is 2. The van der Waals surface area contributed by atoms with Gasteiger partial charge in [0.15, 0.2) is 0 Å². The van der Waals surface area contributed by atoms with Crippen LogP contribution in [0.2, 0.25) is 0 Å². The fourth-order valence-corrected chi connectivity index (χ4v) is 1.69. The maximum absolute atomic E-state index is 11.9. The van der Waals surface area contributed by atoms with Crippen LogP contribution in [-0.2, 0) is 9.59 Å². The molecule has 2 amide bonds. The summed E-state index contributed by atoms with van der Waals surface area (Å²) >= 11 is 0. The summed E-state index contributed by atoms with van der Waals surface area (Å²) in [6, 6.07) is 0.248. The number of piperidine rings is 1. The number of anilines is 1. The number of hydrogen-bond acceptors (Lipinski definition) is 5. The van der Waals surface area contributed by atoms with Crippen molar-refractivity contribution in [2.24, 2.45) is 5.92 Å². The zero-order valence-corrected chi connectivity index (χ0v) is 9.97. The molecule has 7 heteroatoms. The first-order valence-electron chi connectivity index (χ1n) is 5.62. The smallest absolute Gasteiger partial charge is 0.316 e. The summed E-state index contributed by atoms with van der Waals surface area (Å²) in [6.45, 7) is 0.377. The Morgan fingerprint density at radius 2 is 2.22 bits per heavy atom. The second kappa shape index (κ2) is 5.44. The molecular weight excluding hydrogens is 236 g/mol. The molecule has 1 fully saturated rings. The molecular formula is C11H14N4O3. The molecule has 2 heterocycles. The van der Waals surface area contributed by atoms with E-state index in [2.05, 4.69) is 20.6 Å². The summed E-state index contributed by atoms with van der Waals surface area (Å²) < 4.78 is 4.82. The number of carbonyl (C=O) groups is 2. The fraction of sp³-hybridized carbons (Fsp3) is 0.455. The average molecular weight is 250 g/mol. The van der Waals surface area contributed by atoms with E-state index in [1.54, 1.807) is 0 Å². The van der Waals surface area contributed by atoms with Gasteiger partial charge in [-0.1, -0.05) is 0 Å². The van der Waals surface area contributed by atoms with E-state index in [1.165, 1.54) is 19.5 Å². The Labute approximate surface area is 104 Å². The molecule has 1 aromatic rings. The molecule has 1 aliphatic rings. The summed E-state index contributed by atoms with van der Waals surface area (Å²) in [5.74, 6) is -0.347. The number of amides is 2. The van der Waals surface area contributed by atoms with Crippen LogP contribution in [0.25, 0.3) is 0 Å². The first kappa shape index (κ1) is 12.3. The number of carbonyl (C=O) groups excluding carboxylic acids is 2. The summed E-state index contributed by atoms with van der Waals surface area (Å²) in [7, 11) is 1.47. The molecule has 18 heavy (non-hydrogen) atoms. The summed E-state index contributed by atoms with van der Waals surface area (Å²) in [6.07, 6.45) is 3.90. The summed E-state index contributed by atoms with van der Waals surface area (Å²) in [4.78, 5) is 30.6. The topological polar surface area (TPSA) is 93.2 Å². The van der Waals surface area contributed by atoms with Crippen molar-refractivity contribution in [3.05, 3.63) is 12.4 Å². The Balaban J connectivity index is 1.92. The Bertz CT molecular complexity index is 436. The molecule has 1 atom stereocenters. The van der Waals surface area contributed by atoms with Gasteiger partial charge in [0.1, 0.15) is 0 Å². The first-order chi connectivity index (χ1) is 8.69. The molecule has 0 radical (unpaired) electrons. The lowest BCUT2D eigenvalue weighted by Crippen LogP contribution is -2.40. The Morgan fingerprint density at radius 1 is 1.50 bits per heavy atom. The van der Waals surface area contributed by atoms with E-state index in [9.17, 15) is 9.59 Å². The maximum atomic E-state index is 11.9. The van der Waals surface area contributed by atoms with Crippen LogP contribution in [0, 0.1) is 5.92 Å². The van der Waals surface area contributed by atoms with E-state index in [0.29, 0.717) is 25.1 Å². The van der Waals surface area contributed by atoms with E-state index in [-0.39, 0.29) is 23.7 Å². The minimum atomic E-state index is -0.204. The van der Waals surface area contributed by atoms with Gasteiger partial charge in [-0.05, 0) is 6.42 Å². The molecule has 2 rings (SSSR count). The van der Waals surface area contributed by atoms with Gasteiger partial charge in [0, 0.05) is 13.0 Å². The number of hydrogen-bond donors (Lipinski definition) is 2. The monoisotopic (exact) mass is 250 g/mol. The van der Waals surface area contributed by atoms with Gasteiger partial charge < -0.3 is 15.4 Å². The van der Waals surface area contributed by atoms with Crippen LogP contribution in [0.3, 0.4) is 0 Å². The highest BCUT2D eigenvalue weighted by molar-refractivity contribution is 5.93. The van der Waals surface area contributed by atoms with Crippen LogP contribution in [-0.4, -0.2) is 35.4 Å². The predicted octanol–water partition coefficient (Wildman–Crippen LogP) is -0.0501. The zero-order chi connectivity index (χ0) is 13.0. The minimum Gasteiger partial charge on any atom is -0.467 e. The highest BCUT2D eigenvalue weighted by Gasteiger charge is 2.24. The lowest BCUT2D eigenvalue weighted by atomic mass is 9.98. The molecule has 0 aliphatic carbocycles. The van der Waals surface area contributed by atoms with E-state index in [0.717, 1.165) is 0 Å². The van der Waals surface area contributed by atoms with Crippen molar-refractivity contribution in [1.82, 2.24) is 15.3 Å². The van der Waals surface area contributed by atoms with Gasteiger partial charge in [-0.2, -0.15) is 0 Å². The van der Waals surface area contributed by atoms with Gasteiger partial charge in [0.25, 0.3) is 0 Å². The first-order valence-corrected chi connectivity index (χ1v) is 5.62. The van der Waals surface area contributed by atoms with E-state index >= 15 is 0 Å². The van der Waals surface area contributed by atoms with E-state index in [1.807, 2.05) is 0 Å². The molecule has 2 N–H and O–H groups in total. The van der Waals surface area contributed by atoms with Crippen molar-refractivity contribution < 1.29 is 14.3 Å². The number of nitrogens with zero attached hydrogens (tertiary/aromatic N) is 2. The van der Waals surface area contributed by atoms with Crippen molar-refractivity contribution in [2.45, 2.75) is 12.8 Å². The third kappa shape index (κ3) is 2.93. The van der Waals surface area contributed by atoms with Gasteiger partial charge in [-0.25, -0.2) is 9.97 Å². The molecule has 7 nitrogen and oxygen atoms in total. The van der Waals surface area contributed by atoms with Crippen LogP contribution in [0.1, 0.15) is 12.8 Å². The quantitative estimate of drug-likeness (QED) is 0.784. The Kier molecular flexibility index (Phi) is 3.71. The van der Waals surface area contributed by atoms with Gasteiger partial charge in [-0.3, -0.25) is 9.59 Å². The molecule has 0 saturated carbocycles. The van der Waals surface area contributed by atoms with Crippen LogP contribution >= 0.6 is 0 Å². The normalized spacial score (nSPS) is 18.9. The van der Waals surface area contributed by atoms with Crippen LogP contribution in [0.5, 0.6) is 6.01 Å². The Hall–Kier alpha value is -2.18. The number of aromatic nitrogens is 2. The van der Waals surface area contributed by atoms with Crippen molar-refractivity contribution >= 4 is 17.5 Å². The van der Waals surface area contributed by atoms with Gasteiger partial charge in [0.2, 0.25) is 11.8 Å². The molecule has 1 aromatic heterocycles. The van der Waals surface area contributed by atoms with Crippen LogP contribution in [0.15, 0.2) is 12.4 Å². The highest BCUT2D eigenvalue weighted by Crippen LogP contribution is 2.14. The van der Waals surface area contributed by atoms with E-state index < -0.39 is 0 Å². The second-order valence-corrected chi connectivity index (χ2v) is 3.99. The third-order valence-corrected chi connectivity index (χ3v) is 2.71. The summed E-state index contributed by atoms with van der Waals surface area (Å²) in [5, 5.41) is 5.37. The standard InChI is InChI=1S/C11H14N4O3/c1-18-11-13-5-8(6-14-11)15-10(17)7-2-3-9(16)12-4-7/h5-7H,2-4H2,1H3,(H,12,16)(H,15,17). The number of rotatable bonds is 3. The maximum Gasteiger partial charge on any atom is 0.316 e. The second-order valence-electron chi connectivity index (χ2n) is 3.99. The molecule has 1 unspecified atom stereocenters. The van der Waals surface area contributed by atoms with Gasteiger partial charge in [0.05, 0.1) is 31.1 Å². The number of methoxy groups -OCH3 is 1. The van der Waals surface area contributed by atoms with Crippen LogP contribution in [0.4, 0.5) is 5.69 Å².